The summed E-state index contributed by atoms with van der Waals surface area (Å²) in [7, 11) is 0. The molecule has 0 spiro atoms. The van der Waals surface area contributed by atoms with Gasteiger partial charge in [-0.25, -0.2) is 4.79 Å². The summed E-state index contributed by atoms with van der Waals surface area (Å²) >= 11 is 0. The number of alkyl carbamates (subject to hydrolysis) is 1. The molecule has 2 rings (SSSR count). The number of non-ortho nitro benzene ring substituents is 1. The molecule has 0 unspecified atom stereocenters. The van der Waals surface area contributed by atoms with E-state index < -0.39 is 11.0 Å². The van der Waals surface area contributed by atoms with Crippen molar-refractivity contribution >= 4 is 11.8 Å². The van der Waals surface area contributed by atoms with Crippen molar-refractivity contribution in [2.75, 3.05) is 0 Å². The number of carbonyl (C=O) groups is 1. The Labute approximate surface area is 126 Å². The number of nitrogens with zero attached hydrogens (tertiary/aromatic N) is 1. The lowest BCUT2D eigenvalue weighted by Gasteiger charge is -2.08. The van der Waals surface area contributed by atoms with Gasteiger partial charge in [-0.15, -0.1) is 0 Å². The largest absolute Gasteiger partial charge is 0.507 e. The predicted octanol–water partition coefficient (Wildman–Crippen LogP) is 2.73. The highest BCUT2D eigenvalue weighted by molar-refractivity contribution is 5.67. The Bertz CT molecular complexity index is 673. The Morgan fingerprint density at radius 2 is 1.95 bits per heavy atom. The molecule has 2 aromatic carbocycles. The lowest BCUT2D eigenvalue weighted by atomic mass is 10.2. The van der Waals surface area contributed by atoms with Gasteiger partial charge < -0.3 is 15.2 Å². The molecule has 2 aromatic rings. The number of rotatable bonds is 5. The third-order valence-electron chi connectivity index (χ3n) is 2.92. The number of phenols is 1. The number of benzene rings is 2. The van der Waals surface area contributed by atoms with Crippen LogP contribution in [0.1, 0.15) is 11.1 Å². The van der Waals surface area contributed by atoms with Crippen molar-refractivity contribution in [3.63, 3.8) is 0 Å². The normalized spacial score (nSPS) is 10.0. The van der Waals surface area contributed by atoms with E-state index in [2.05, 4.69) is 5.32 Å². The van der Waals surface area contributed by atoms with Gasteiger partial charge in [0.1, 0.15) is 12.4 Å². The third-order valence-corrected chi connectivity index (χ3v) is 2.92. The second-order valence-corrected chi connectivity index (χ2v) is 4.49. The van der Waals surface area contributed by atoms with Crippen LogP contribution in [0.25, 0.3) is 0 Å². The van der Waals surface area contributed by atoms with Gasteiger partial charge in [-0.1, -0.05) is 30.3 Å². The smallest absolute Gasteiger partial charge is 0.407 e. The van der Waals surface area contributed by atoms with Gasteiger partial charge in [-0.3, -0.25) is 10.1 Å². The molecule has 1 amide bonds. The Balaban J connectivity index is 1.85. The van der Waals surface area contributed by atoms with Crippen LogP contribution in [0.4, 0.5) is 10.5 Å². The average Bonchev–Trinajstić information content (AvgIpc) is 2.52. The standard InChI is InChI=1S/C15H14N2O5/c18-14-8-13(17(20)21)7-6-12(14)9-16-15(19)22-10-11-4-2-1-3-5-11/h1-8,18H,9-10H2,(H,16,19). The molecule has 0 atom stereocenters. The van der Waals surface area contributed by atoms with E-state index >= 15 is 0 Å². The number of nitrogens with one attached hydrogen (secondary N) is 1. The first-order valence-electron chi connectivity index (χ1n) is 6.47. The molecule has 0 bridgehead atoms. The fraction of sp³-hybridized carbons (Fsp3) is 0.133. The number of amides is 1. The van der Waals surface area contributed by atoms with Crippen LogP contribution in [0.2, 0.25) is 0 Å². The molecular weight excluding hydrogens is 288 g/mol. The zero-order valence-electron chi connectivity index (χ0n) is 11.6. The summed E-state index contributed by atoms with van der Waals surface area (Å²) < 4.78 is 5.01. The predicted molar refractivity (Wildman–Crippen MR) is 78.2 cm³/mol. The maximum atomic E-state index is 11.6. The number of phenolic OH excluding ortho intramolecular Hbond substituents is 1. The highest BCUT2D eigenvalue weighted by Crippen LogP contribution is 2.23. The van der Waals surface area contributed by atoms with Gasteiger partial charge in [0, 0.05) is 18.2 Å². The monoisotopic (exact) mass is 302 g/mol. The molecular formula is C15H14N2O5. The molecule has 0 fully saturated rings. The lowest BCUT2D eigenvalue weighted by Crippen LogP contribution is -2.23. The van der Waals surface area contributed by atoms with Crippen LogP contribution < -0.4 is 5.32 Å². The zero-order valence-corrected chi connectivity index (χ0v) is 11.6. The topological polar surface area (TPSA) is 102 Å². The second kappa shape index (κ2) is 7.07. The van der Waals surface area contributed by atoms with Gasteiger partial charge in [0.15, 0.2) is 0 Å². The quantitative estimate of drug-likeness (QED) is 0.653. The van der Waals surface area contributed by atoms with Gasteiger partial charge in [-0.05, 0) is 11.6 Å². The molecule has 0 aliphatic rings. The Morgan fingerprint density at radius 1 is 1.23 bits per heavy atom. The molecule has 0 saturated carbocycles. The minimum absolute atomic E-state index is 0.0114. The zero-order chi connectivity index (χ0) is 15.9. The Hall–Kier alpha value is -3.09. The van der Waals surface area contributed by atoms with Crippen molar-refractivity contribution in [3.05, 3.63) is 69.8 Å². The molecule has 22 heavy (non-hydrogen) atoms. The van der Waals surface area contributed by atoms with Crippen molar-refractivity contribution < 1.29 is 19.6 Å². The number of ether oxygens (including phenoxy) is 1. The van der Waals surface area contributed by atoms with Gasteiger partial charge in [-0.2, -0.15) is 0 Å². The maximum Gasteiger partial charge on any atom is 0.407 e. The number of hydrogen-bond donors (Lipinski definition) is 2. The fourth-order valence-electron chi connectivity index (χ4n) is 1.76. The van der Waals surface area contributed by atoms with Crippen LogP contribution in [0, 0.1) is 10.1 Å². The summed E-state index contributed by atoms with van der Waals surface area (Å²) in [6, 6.07) is 12.9. The van der Waals surface area contributed by atoms with E-state index in [1.807, 2.05) is 30.3 Å². The maximum absolute atomic E-state index is 11.6. The van der Waals surface area contributed by atoms with Crippen molar-refractivity contribution in [1.82, 2.24) is 5.32 Å². The van der Waals surface area contributed by atoms with Crippen LogP contribution in [-0.4, -0.2) is 16.1 Å². The number of aromatic hydroxyl groups is 1. The first-order valence-corrected chi connectivity index (χ1v) is 6.47. The number of hydrogen-bond acceptors (Lipinski definition) is 5. The summed E-state index contributed by atoms with van der Waals surface area (Å²) in [6.07, 6.45) is -0.637. The van der Waals surface area contributed by atoms with Crippen LogP contribution in [0.5, 0.6) is 5.75 Å². The number of carbonyl (C=O) groups excluding carboxylic acids is 1. The van der Waals surface area contributed by atoms with Crippen molar-refractivity contribution in [2.24, 2.45) is 0 Å². The molecule has 0 radical (unpaired) electrons. The van der Waals surface area contributed by atoms with Crippen LogP contribution in [0.3, 0.4) is 0 Å². The van der Waals surface area contributed by atoms with Crippen molar-refractivity contribution in [1.29, 1.82) is 0 Å². The molecule has 0 aliphatic heterocycles. The van der Waals surface area contributed by atoms with Gasteiger partial charge in [0.2, 0.25) is 0 Å². The summed E-state index contributed by atoms with van der Waals surface area (Å²) in [4.78, 5) is 21.5. The minimum atomic E-state index is -0.637. The van der Waals surface area contributed by atoms with Gasteiger partial charge >= 0.3 is 6.09 Å². The summed E-state index contributed by atoms with van der Waals surface area (Å²) in [5, 5.41) is 22.7. The van der Waals surface area contributed by atoms with Crippen molar-refractivity contribution in [3.8, 4) is 5.75 Å². The highest BCUT2D eigenvalue weighted by Gasteiger charge is 2.11. The molecule has 7 heteroatoms. The van der Waals surface area contributed by atoms with E-state index in [1.165, 1.54) is 12.1 Å². The second-order valence-electron chi connectivity index (χ2n) is 4.49. The summed E-state index contributed by atoms with van der Waals surface area (Å²) in [5.74, 6) is -0.252. The highest BCUT2D eigenvalue weighted by atomic mass is 16.6. The molecule has 7 nitrogen and oxygen atoms in total. The lowest BCUT2D eigenvalue weighted by molar-refractivity contribution is -0.384. The third kappa shape index (κ3) is 4.20. The number of nitro benzene ring substituents is 1. The van der Waals surface area contributed by atoms with Crippen LogP contribution in [-0.2, 0) is 17.9 Å². The van der Waals surface area contributed by atoms with Crippen LogP contribution >= 0.6 is 0 Å². The van der Waals surface area contributed by atoms with E-state index in [1.54, 1.807) is 0 Å². The average molecular weight is 302 g/mol. The van der Waals surface area contributed by atoms with Crippen molar-refractivity contribution in [2.45, 2.75) is 13.2 Å². The minimum Gasteiger partial charge on any atom is -0.507 e. The summed E-state index contributed by atoms with van der Waals surface area (Å²) in [5.41, 5.74) is 1.01. The fourth-order valence-corrected chi connectivity index (χ4v) is 1.76. The Morgan fingerprint density at radius 3 is 2.59 bits per heavy atom. The molecule has 0 aromatic heterocycles. The number of nitro groups is 1. The first-order chi connectivity index (χ1) is 10.6. The van der Waals surface area contributed by atoms with E-state index in [9.17, 15) is 20.0 Å². The van der Waals surface area contributed by atoms with E-state index in [4.69, 9.17) is 4.74 Å². The molecule has 2 N–H and O–H groups in total. The van der Waals surface area contributed by atoms with E-state index in [-0.39, 0.29) is 24.6 Å². The first kappa shape index (κ1) is 15.3. The molecule has 0 aliphatic carbocycles. The SMILES string of the molecule is O=C(NCc1ccc([N+](=O)[O-])cc1O)OCc1ccccc1. The molecule has 114 valence electrons. The Kier molecular flexibility index (Phi) is 4.92. The molecule has 0 saturated heterocycles. The summed E-state index contributed by atoms with van der Waals surface area (Å²) in [6.45, 7) is 0.149. The van der Waals surface area contributed by atoms with E-state index in [0.717, 1.165) is 11.6 Å². The van der Waals surface area contributed by atoms with E-state index in [0.29, 0.717) is 5.56 Å². The van der Waals surface area contributed by atoms with Crippen LogP contribution in [0.15, 0.2) is 48.5 Å². The molecule has 0 heterocycles. The van der Waals surface area contributed by atoms with Gasteiger partial charge in [0.25, 0.3) is 5.69 Å². The van der Waals surface area contributed by atoms with Gasteiger partial charge in [0.05, 0.1) is 11.0 Å².